The molecule has 3 heteroatoms. The summed E-state index contributed by atoms with van der Waals surface area (Å²) in [6.07, 6.45) is 3.56. The van der Waals surface area contributed by atoms with Crippen LogP contribution in [-0.2, 0) is 4.79 Å². The lowest BCUT2D eigenvalue weighted by molar-refractivity contribution is -0.121. The van der Waals surface area contributed by atoms with Crippen molar-refractivity contribution in [2.45, 2.75) is 60.8 Å². The van der Waals surface area contributed by atoms with Crippen molar-refractivity contribution in [3.8, 4) is 0 Å². The summed E-state index contributed by atoms with van der Waals surface area (Å²) in [5.74, 6) is 1.25. The van der Waals surface area contributed by atoms with Gasteiger partial charge in [0.25, 0.3) is 0 Å². The first-order chi connectivity index (χ1) is 10.3. The van der Waals surface area contributed by atoms with Crippen LogP contribution in [0.15, 0.2) is 24.3 Å². The molecule has 0 bridgehead atoms. The molecular weight excluding hydrogens is 294 g/mol. The Labute approximate surface area is 142 Å². The Kier molecular flexibility index (Phi) is 16.0. The third kappa shape index (κ3) is 14.1. The average molecular weight is 328 g/mol. The van der Waals surface area contributed by atoms with Crippen molar-refractivity contribution in [2.24, 2.45) is 17.6 Å². The van der Waals surface area contributed by atoms with E-state index in [0.717, 1.165) is 17.4 Å². The molecule has 0 aliphatic carbocycles. The topological polar surface area (TPSA) is 43.1 Å². The summed E-state index contributed by atoms with van der Waals surface area (Å²) in [6.45, 7) is 12.8. The molecule has 1 rings (SSSR count). The third-order valence-electron chi connectivity index (χ3n) is 3.74. The highest BCUT2D eigenvalue weighted by molar-refractivity contribution is 6.30. The fraction of sp³-hybridized carbons (Fsp3) is 0.632. The van der Waals surface area contributed by atoms with Crippen LogP contribution in [0.2, 0.25) is 5.02 Å². The second kappa shape index (κ2) is 15.1. The number of hydrogen-bond donors (Lipinski definition) is 1. The maximum Gasteiger partial charge on any atom is 0.149 e. The highest BCUT2D eigenvalue weighted by Gasteiger charge is 2.06. The molecule has 0 aromatic heterocycles. The second-order valence-corrected chi connectivity index (χ2v) is 6.14. The van der Waals surface area contributed by atoms with Crippen LogP contribution in [0, 0.1) is 18.8 Å². The van der Waals surface area contributed by atoms with Crippen LogP contribution in [0.1, 0.15) is 59.4 Å². The lowest BCUT2D eigenvalue weighted by atomic mass is 10.0. The zero-order valence-electron chi connectivity index (χ0n) is 15.2. The van der Waals surface area contributed by atoms with Crippen LogP contribution in [0.4, 0.5) is 0 Å². The van der Waals surface area contributed by atoms with Crippen molar-refractivity contribution in [3.05, 3.63) is 34.9 Å². The van der Waals surface area contributed by atoms with Crippen molar-refractivity contribution in [2.75, 3.05) is 6.54 Å². The zero-order valence-corrected chi connectivity index (χ0v) is 15.9. The number of benzene rings is 1. The Morgan fingerprint density at radius 2 is 1.68 bits per heavy atom. The number of carbonyl (C=O) groups is 1. The highest BCUT2D eigenvalue weighted by atomic mass is 35.5. The average Bonchev–Trinajstić information content (AvgIpc) is 2.53. The minimum atomic E-state index is 0.153. The molecule has 1 aromatic rings. The van der Waals surface area contributed by atoms with E-state index in [1.165, 1.54) is 18.4 Å². The van der Waals surface area contributed by atoms with Gasteiger partial charge in [-0.2, -0.15) is 0 Å². The molecule has 1 unspecified atom stereocenters. The van der Waals surface area contributed by atoms with E-state index in [0.29, 0.717) is 0 Å². The van der Waals surface area contributed by atoms with Crippen LogP contribution in [-0.4, -0.2) is 12.3 Å². The largest absolute Gasteiger partial charge is 0.324 e. The van der Waals surface area contributed by atoms with Crippen LogP contribution >= 0.6 is 11.6 Å². The molecule has 0 saturated heterocycles. The Morgan fingerprint density at radius 3 is 1.86 bits per heavy atom. The molecule has 0 aliphatic rings. The lowest BCUT2D eigenvalue weighted by Gasteiger charge is -2.01. The van der Waals surface area contributed by atoms with Gasteiger partial charge in [-0.05, 0) is 37.0 Å². The van der Waals surface area contributed by atoms with Gasteiger partial charge in [-0.15, -0.1) is 0 Å². The van der Waals surface area contributed by atoms with E-state index < -0.39 is 0 Å². The summed E-state index contributed by atoms with van der Waals surface area (Å²) >= 11 is 5.64. The number of carbonyl (C=O) groups excluding carboxylic acids is 1. The SMILES string of the molecule is CCC(C)C(=O)CN.CCC(C)CC.Cc1cccc(Cl)c1. The number of hydrogen-bond acceptors (Lipinski definition) is 2. The predicted molar refractivity (Wildman–Crippen MR) is 99.5 cm³/mol. The van der Waals surface area contributed by atoms with Crippen molar-refractivity contribution >= 4 is 17.4 Å². The molecule has 0 saturated carbocycles. The van der Waals surface area contributed by atoms with Gasteiger partial charge in [-0.1, -0.05) is 71.2 Å². The predicted octanol–water partition coefficient (Wildman–Crippen LogP) is 5.65. The van der Waals surface area contributed by atoms with E-state index in [-0.39, 0.29) is 18.2 Å². The maximum atomic E-state index is 10.6. The zero-order chi connectivity index (χ0) is 17.5. The molecule has 0 radical (unpaired) electrons. The van der Waals surface area contributed by atoms with E-state index in [2.05, 4.69) is 20.8 Å². The van der Waals surface area contributed by atoms with Gasteiger partial charge in [-0.25, -0.2) is 0 Å². The Balaban J connectivity index is 0. The second-order valence-electron chi connectivity index (χ2n) is 5.70. The molecule has 2 nitrogen and oxygen atoms in total. The Hall–Kier alpha value is -0.860. The number of ketones is 1. The van der Waals surface area contributed by atoms with Crippen molar-refractivity contribution in [1.29, 1.82) is 0 Å². The van der Waals surface area contributed by atoms with Gasteiger partial charge in [0.15, 0.2) is 0 Å². The quantitative estimate of drug-likeness (QED) is 0.759. The summed E-state index contributed by atoms with van der Waals surface area (Å²) in [6, 6.07) is 7.76. The van der Waals surface area contributed by atoms with E-state index >= 15 is 0 Å². The molecule has 0 amide bonds. The van der Waals surface area contributed by atoms with Crippen molar-refractivity contribution in [1.82, 2.24) is 0 Å². The summed E-state index contributed by atoms with van der Waals surface area (Å²) in [5.41, 5.74) is 6.30. The molecule has 2 N–H and O–H groups in total. The summed E-state index contributed by atoms with van der Waals surface area (Å²) in [4.78, 5) is 10.6. The van der Waals surface area contributed by atoms with Crippen molar-refractivity contribution in [3.63, 3.8) is 0 Å². The normalized spacial score (nSPS) is 11.0. The monoisotopic (exact) mass is 327 g/mol. The van der Waals surface area contributed by atoms with Gasteiger partial charge < -0.3 is 5.73 Å². The van der Waals surface area contributed by atoms with Gasteiger partial charge in [-0.3, -0.25) is 4.79 Å². The number of rotatable bonds is 5. The fourth-order valence-corrected chi connectivity index (χ4v) is 1.57. The minimum Gasteiger partial charge on any atom is -0.324 e. The Morgan fingerprint density at radius 1 is 1.14 bits per heavy atom. The minimum absolute atomic E-state index is 0.153. The highest BCUT2D eigenvalue weighted by Crippen LogP contribution is 2.08. The fourth-order valence-electron chi connectivity index (χ4n) is 1.32. The molecule has 0 aliphatic heterocycles. The molecule has 22 heavy (non-hydrogen) atoms. The molecule has 0 heterocycles. The Bertz CT molecular complexity index is 372. The molecular formula is C19H34ClNO. The van der Waals surface area contributed by atoms with Gasteiger partial charge in [0, 0.05) is 10.9 Å². The van der Waals surface area contributed by atoms with Crippen LogP contribution in [0.5, 0.6) is 0 Å². The first-order valence-corrected chi connectivity index (χ1v) is 8.64. The van der Waals surface area contributed by atoms with E-state index in [1.54, 1.807) is 0 Å². The maximum absolute atomic E-state index is 10.6. The lowest BCUT2D eigenvalue weighted by Crippen LogP contribution is -2.20. The standard InChI is InChI=1S/C7H7Cl.C6H13NO.C6H14/c1-6-3-2-4-7(8)5-6;1-3-5(2)6(8)4-7;1-4-6(3)5-2/h2-5H,1H3;5H,3-4,7H2,1-2H3;6H,4-5H2,1-3H3. The summed E-state index contributed by atoms with van der Waals surface area (Å²) in [7, 11) is 0. The number of halogens is 1. The van der Waals surface area contributed by atoms with Gasteiger partial charge in [0.05, 0.1) is 6.54 Å². The summed E-state index contributed by atoms with van der Waals surface area (Å²) in [5, 5.41) is 0.810. The molecule has 128 valence electrons. The van der Waals surface area contributed by atoms with Gasteiger partial charge in [0.1, 0.15) is 5.78 Å². The number of Topliss-reactive ketones (excluding diaryl/α,β-unsaturated/α-hetero) is 1. The first kappa shape index (κ1) is 23.4. The van der Waals surface area contributed by atoms with Gasteiger partial charge >= 0.3 is 0 Å². The molecule has 0 fully saturated rings. The number of nitrogens with two attached hydrogens (primary N) is 1. The van der Waals surface area contributed by atoms with E-state index in [4.69, 9.17) is 17.3 Å². The van der Waals surface area contributed by atoms with E-state index in [9.17, 15) is 4.79 Å². The first-order valence-electron chi connectivity index (χ1n) is 8.27. The van der Waals surface area contributed by atoms with E-state index in [1.807, 2.05) is 45.0 Å². The molecule has 0 spiro atoms. The van der Waals surface area contributed by atoms with Crippen LogP contribution in [0.25, 0.3) is 0 Å². The third-order valence-corrected chi connectivity index (χ3v) is 3.97. The van der Waals surface area contributed by atoms with Gasteiger partial charge in [0.2, 0.25) is 0 Å². The smallest absolute Gasteiger partial charge is 0.149 e. The van der Waals surface area contributed by atoms with Crippen molar-refractivity contribution < 1.29 is 4.79 Å². The molecule has 1 aromatic carbocycles. The molecule has 1 atom stereocenters. The van der Waals surface area contributed by atoms with Crippen LogP contribution in [0.3, 0.4) is 0 Å². The number of aryl methyl sites for hydroxylation is 1. The van der Waals surface area contributed by atoms with Crippen LogP contribution < -0.4 is 5.73 Å². The summed E-state index contributed by atoms with van der Waals surface area (Å²) < 4.78 is 0.